The van der Waals surface area contributed by atoms with Crippen molar-refractivity contribution in [3.63, 3.8) is 0 Å². The monoisotopic (exact) mass is 284 g/mol. The topological polar surface area (TPSA) is 64.3 Å². The van der Waals surface area contributed by atoms with Crippen LogP contribution in [0.5, 0.6) is 5.75 Å². The van der Waals surface area contributed by atoms with Crippen molar-refractivity contribution in [2.75, 3.05) is 7.11 Å². The van der Waals surface area contributed by atoms with Gasteiger partial charge in [-0.05, 0) is 18.6 Å². The molecule has 1 amide bonds. The molecule has 2 rings (SSSR count). The fourth-order valence-electron chi connectivity index (χ4n) is 2.22. The molecule has 4 nitrogen and oxygen atoms in total. The van der Waals surface area contributed by atoms with Crippen LogP contribution in [-0.2, 0) is 4.79 Å². The first-order chi connectivity index (χ1) is 10.1. The minimum atomic E-state index is -0.677. The summed E-state index contributed by atoms with van der Waals surface area (Å²) < 4.78 is 5.31. The number of benzene rings is 2. The number of ether oxygens (including phenoxy) is 1. The lowest BCUT2D eigenvalue weighted by molar-refractivity contribution is -0.123. The zero-order chi connectivity index (χ0) is 15.2. The Morgan fingerprint density at radius 3 is 2.38 bits per heavy atom. The fourth-order valence-corrected chi connectivity index (χ4v) is 2.22. The molecular weight excluding hydrogens is 264 g/mol. The van der Waals surface area contributed by atoms with Crippen molar-refractivity contribution in [2.45, 2.75) is 19.0 Å². The van der Waals surface area contributed by atoms with Crippen LogP contribution in [0.25, 0.3) is 0 Å². The second kappa shape index (κ2) is 6.90. The Morgan fingerprint density at radius 1 is 1.10 bits per heavy atom. The average molecular weight is 284 g/mol. The molecule has 0 spiro atoms. The van der Waals surface area contributed by atoms with E-state index in [-0.39, 0.29) is 11.9 Å². The molecule has 2 aromatic rings. The molecule has 0 heterocycles. The van der Waals surface area contributed by atoms with Crippen molar-refractivity contribution in [2.24, 2.45) is 5.73 Å². The number of rotatable bonds is 5. The highest BCUT2D eigenvalue weighted by molar-refractivity contribution is 5.83. The van der Waals surface area contributed by atoms with E-state index in [9.17, 15) is 4.79 Å². The number of amides is 1. The SMILES string of the molecule is COc1ccccc1[C@@H](C)NC(=O)[C@H](N)c1ccccc1. The summed E-state index contributed by atoms with van der Waals surface area (Å²) in [7, 11) is 1.61. The van der Waals surface area contributed by atoms with E-state index in [1.54, 1.807) is 7.11 Å². The third-order valence-corrected chi connectivity index (χ3v) is 3.41. The number of nitrogens with one attached hydrogen (secondary N) is 1. The maximum Gasteiger partial charge on any atom is 0.241 e. The lowest BCUT2D eigenvalue weighted by atomic mass is 10.0. The number of para-hydroxylation sites is 1. The quantitative estimate of drug-likeness (QED) is 0.887. The predicted molar refractivity (Wildman–Crippen MR) is 82.9 cm³/mol. The molecule has 0 radical (unpaired) electrons. The minimum absolute atomic E-state index is 0.177. The van der Waals surface area contributed by atoms with E-state index in [0.29, 0.717) is 0 Å². The van der Waals surface area contributed by atoms with Gasteiger partial charge in [0, 0.05) is 5.56 Å². The molecule has 0 aliphatic heterocycles. The summed E-state index contributed by atoms with van der Waals surface area (Å²) in [5, 5.41) is 2.93. The molecule has 3 N–H and O–H groups in total. The summed E-state index contributed by atoms with van der Waals surface area (Å²) in [5.74, 6) is 0.540. The summed E-state index contributed by atoms with van der Waals surface area (Å²) >= 11 is 0. The summed E-state index contributed by atoms with van der Waals surface area (Å²) in [6.45, 7) is 1.91. The third kappa shape index (κ3) is 3.61. The third-order valence-electron chi connectivity index (χ3n) is 3.41. The van der Waals surface area contributed by atoms with Crippen molar-refractivity contribution in [1.82, 2.24) is 5.32 Å². The van der Waals surface area contributed by atoms with Crippen LogP contribution in [0.4, 0.5) is 0 Å². The first kappa shape index (κ1) is 15.1. The largest absolute Gasteiger partial charge is 0.496 e. The van der Waals surface area contributed by atoms with Crippen LogP contribution >= 0.6 is 0 Å². The van der Waals surface area contributed by atoms with E-state index in [1.165, 1.54) is 0 Å². The van der Waals surface area contributed by atoms with Crippen LogP contribution in [0, 0.1) is 0 Å². The van der Waals surface area contributed by atoms with Crippen LogP contribution in [0.2, 0.25) is 0 Å². The Labute approximate surface area is 124 Å². The molecule has 0 unspecified atom stereocenters. The van der Waals surface area contributed by atoms with E-state index in [4.69, 9.17) is 10.5 Å². The maximum atomic E-state index is 12.2. The molecule has 2 atom stereocenters. The smallest absolute Gasteiger partial charge is 0.241 e. The normalized spacial score (nSPS) is 13.3. The molecule has 2 aromatic carbocycles. The van der Waals surface area contributed by atoms with Crippen molar-refractivity contribution < 1.29 is 9.53 Å². The summed E-state index contributed by atoms with van der Waals surface area (Å²) in [4.78, 5) is 12.2. The van der Waals surface area contributed by atoms with Crippen molar-refractivity contribution in [1.29, 1.82) is 0 Å². The molecular formula is C17H20N2O2. The number of nitrogens with two attached hydrogens (primary N) is 1. The Balaban J connectivity index is 2.09. The van der Waals surface area contributed by atoms with E-state index in [0.717, 1.165) is 16.9 Å². The van der Waals surface area contributed by atoms with Crippen LogP contribution < -0.4 is 15.8 Å². The molecule has 0 aliphatic rings. The highest BCUT2D eigenvalue weighted by Crippen LogP contribution is 2.24. The van der Waals surface area contributed by atoms with Gasteiger partial charge in [0.2, 0.25) is 5.91 Å². The zero-order valence-corrected chi connectivity index (χ0v) is 12.2. The average Bonchev–Trinajstić information content (AvgIpc) is 2.54. The van der Waals surface area contributed by atoms with Crippen molar-refractivity contribution in [3.8, 4) is 5.75 Å². The van der Waals surface area contributed by atoms with Gasteiger partial charge in [-0.2, -0.15) is 0 Å². The summed E-state index contributed by atoms with van der Waals surface area (Å²) in [6.07, 6.45) is 0. The maximum absolute atomic E-state index is 12.2. The van der Waals surface area contributed by atoms with Gasteiger partial charge in [-0.1, -0.05) is 48.5 Å². The van der Waals surface area contributed by atoms with Gasteiger partial charge in [-0.15, -0.1) is 0 Å². The van der Waals surface area contributed by atoms with Gasteiger partial charge in [-0.25, -0.2) is 0 Å². The van der Waals surface area contributed by atoms with Gasteiger partial charge in [0.1, 0.15) is 11.8 Å². The minimum Gasteiger partial charge on any atom is -0.496 e. The van der Waals surface area contributed by atoms with Gasteiger partial charge >= 0.3 is 0 Å². The molecule has 21 heavy (non-hydrogen) atoms. The van der Waals surface area contributed by atoms with E-state index < -0.39 is 6.04 Å². The van der Waals surface area contributed by atoms with Crippen LogP contribution in [0.3, 0.4) is 0 Å². The van der Waals surface area contributed by atoms with Gasteiger partial charge in [0.15, 0.2) is 0 Å². The number of carbonyl (C=O) groups excluding carboxylic acids is 1. The molecule has 4 heteroatoms. The molecule has 0 fully saturated rings. The Morgan fingerprint density at radius 2 is 1.71 bits per heavy atom. The number of methoxy groups -OCH3 is 1. The molecule has 110 valence electrons. The highest BCUT2D eigenvalue weighted by atomic mass is 16.5. The van der Waals surface area contributed by atoms with Crippen LogP contribution in [-0.4, -0.2) is 13.0 Å². The Hall–Kier alpha value is -2.33. The molecule has 0 aliphatic carbocycles. The predicted octanol–water partition coefficient (Wildman–Crippen LogP) is 2.57. The molecule has 0 bridgehead atoms. The van der Waals surface area contributed by atoms with Gasteiger partial charge < -0.3 is 15.8 Å². The lowest BCUT2D eigenvalue weighted by Crippen LogP contribution is -2.35. The molecule has 0 saturated carbocycles. The number of carbonyl (C=O) groups is 1. The van der Waals surface area contributed by atoms with Crippen molar-refractivity contribution in [3.05, 3.63) is 65.7 Å². The number of hydrogen-bond acceptors (Lipinski definition) is 3. The lowest BCUT2D eigenvalue weighted by Gasteiger charge is -2.20. The standard InChI is InChI=1S/C17H20N2O2/c1-12(14-10-6-7-11-15(14)21-2)19-17(20)16(18)13-8-4-3-5-9-13/h3-12,16H,18H2,1-2H3,(H,19,20)/t12-,16-/m1/s1. The summed E-state index contributed by atoms with van der Waals surface area (Å²) in [5.41, 5.74) is 7.71. The van der Waals surface area contributed by atoms with Crippen molar-refractivity contribution >= 4 is 5.91 Å². The van der Waals surface area contributed by atoms with Gasteiger partial charge in [-0.3, -0.25) is 4.79 Å². The van der Waals surface area contributed by atoms with Crippen LogP contribution in [0.15, 0.2) is 54.6 Å². The van der Waals surface area contributed by atoms with E-state index >= 15 is 0 Å². The molecule has 0 saturated heterocycles. The second-order valence-electron chi connectivity index (χ2n) is 4.86. The molecule has 0 aromatic heterocycles. The van der Waals surface area contributed by atoms with E-state index in [2.05, 4.69) is 5.32 Å². The summed E-state index contributed by atoms with van der Waals surface area (Å²) in [6, 6.07) is 16.1. The van der Waals surface area contributed by atoms with Crippen LogP contribution in [0.1, 0.15) is 30.1 Å². The Kier molecular flexibility index (Phi) is 4.95. The Bertz CT molecular complexity index is 599. The highest BCUT2D eigenvalue weighted by Gasteiger charge is 2.19. The second-order valence-corrected chi connectivity index (χ2v) is 4.86. The van der Waals surface area contributed by atoms with E-state index in [1.807, 2.05) is 61.5 Å². The fraction of sp³-hybridized carbons (Fsp3) is 0.235. The zero-order valence-electron chi connectivity index (χ0n) is 12.2. The van der Waals surface area contributed by atoms with Gasteiger partial charge in [0.05, 0.1) is 13.2 Å². The first-order valence-electron chi connectivity index (χ1n) is 6.87. The number of hydrogen-bond donors (Lipinski definition) is 2. The van der Waals surface area contributed by atoms with Gasteiger partial charge in [0.25, 0.3) is 0 Å². The first-order valence-corrected chi connectivity index (χ1v) is 6.87.